The van der Waals surface area contributed by atoms with Gasteiger partial charge < -0.3 is 10.6 Å². The molecule has 0 atom stereocenters. The first-order valence-corrected chi connectivity index (χ1v) is 6.24. The Hall–Kier alpha value is -2.31. The number of anilines is 3. The summed E-state index contributed by atoms with van der Waals surface area (Å²) in [5.41, 5.74) is -0.704. The fraction of sp³-hybridized carbons (Fsp3) is 0.214. The van der Waals surface area contributed by atoms with Gasteiger partial charge >= 0.3 is 6.18 Å². The predicted molar refractivity (Wildman–Crippen MR) is 73.1 cm³/mol. The lowest BCUT2D eigenvalue weighted by atomic mass is 10.2. The van der Waals surface area contributed by atoms with Gasteiger partial charge in [0.15, 0.2) is 0 Å². The highest BCUT2D eigenvalue weighted by molar-refractivity contribution is 5.63. The van der Waals surface area contributed by atoms with Crippen LogP contribution in [0.15, 0.2) is 36.5 Å². The molecule has 1 aromatic heterocycles. The van der Waals surface area contributed by atoms with E-state index in [4.69, 9.17) is 0 Å². The van der Waals surface area contributed by atoms with E-state index in [-0.39, 0.29) is 5.69 Å². The zero-order chi connectivity index (χ0) is 15.5. The smallest absolute Gasteiger partial charge is 0.370 e. The maximum Gasteiger partial charge on any atom is 0.416 e. The van der Waals surface area contributed by atoms with E-state index in [1.54, 1.807) is 12.1 Å². The Kier molecular flexibility index (Phi) is 4.30. The Morgan fingerprint density at radius 2 is 1.90 bits per heavy atom. The van der Waals surface area contributed by atoms with E-state index in [0.717, 1.165) is 12.1 Å². The molecule has 3 nitrogen and oxygen atoms in total. The Morgan fingerprint density at radius 1 is 1.14 bits per heavy atom. The molecule has 0 fully saturated rings. The van der Waals surface area contributed by atoms with E-state index in [0.29, 0.717) is 24.1 Å². The Morgan fingerprint density at radius 3 is 2.57 bits per heavy atom. The summed E-state index contributed by atoms with van der Waals surface area (Å²) in [5, 5.41) is 5.59. The van der Waals surface area contributed by atoms with E-state index in [1.807, 2.05) is 6.92 Å². The summed E-state index contributed by atoms with van der Waals surface area (Å²) in [4.78, 5) is 4.03. The van der Waals surface area contributed by atoms with E-state index >= 15 is 0 Å². The number of pyridine rings is 1. The predicted octanol–water partition coefficient (Wildman–Crippen LogP) is 4.41. The molecule has 21 heavy (non-hydrogen) atoms. The minimum absolute atomic E-state index is 0.238. The Bertz CT molecular complexity index is 626. The quantitative estimate of drug-likeness (QED) is 0.821. The highest BCUT2D eigenvalue weighted by Crippen LogP contribution is 2.32. The Labute approximate surface area is 119 Å². The summed E-state index contributed by atoms with van der Waals surface area (Å²) in [5.74, 6) is -0.209. The van der Waals surface area contributed by atoms with Gasteiger partial charge in [-0.3, -0.25) is 0 Å². The highest BCUT2D eigenvalue weighted by Gasteiger charge is 2.31. The van der Waals surface area contributed by atoms with Crippen molar-refractivity contribution in [1.82, 2.24) is 4.98 Å². The lowest BCUT2D eigenvalue weighted by Gasteiger charge is -2.12. The van der Waals surface area contributed by atoms with E-state index in [9.17, 15) is 17.6 Å². The average Bonchev–Trinajstić information content (AvgIpc) is 2.41. The third-order valence-electron chi connectivity index (χ3n) is 2.69. The lowest BCUT2D eigenvalue weighted by Crippen LogP contribution is -2.06. The topological polar surface area (TPSA) is 37.0 Å². The Balaban J connectivity index is 2.28. The van der Waals surface area contributed by atoms with E-state index < -0.39 is 17.6 Å². The van der Waals surface area contributed by atoms with E-state index in [1.165, 1.54) is 6.20 Å². The third kappa shape index (κ3) is 3.84. The second kappa shape index (κ2) is 5.99. The molecule has 1 aromatic carbocycles. The van der Waals surface area contributed by atoms with Crippen LogP contribution in [-0.2, 0) is 6.18 Å². The first-order chi connectivity index (χ1) is 9.90. The van der Waals surface area contributed by atoms with Crippen LogP contribution in [0, 0.1) is 5.82 Å². The van der Waals surface area contributed by atoms with Crippen LogP contribution < -0.4 is 10.6 Å². The van der Waals surface area contributed by atoms with Crippen molar-refractivity contribution in [2.24, 2.45) is 0 Å². The van der Waals surface area contributed by atoms with Crippen LogP contribution in [0.1, 0.15) is 12.5 Å². The molecule has 0 aliphatic carbocycles. The van der Waals surface area contributed by atoms with Crippen molar-refractivity contribution in [2.45, 2.75) is 13.1 Å². The fourth-order valence-electron chi connectivity index (χ4n) is 1.74. The van der Waals surface area contributed by atoms with Gasteiger partial charge in [-0.15, -0.1) is 0 Å². The molecule has 0 aliphatic heterocycles. The summed E-state index contributed by atoms with van der Waals surface area (Å²) in [6, 6.07) is 5.36. The summed E-state index contributed by atoms with van der Waals surface area (Å²) in [6.45, 7) is 2.53. The maximum absolute atomic E-state index is 13.6. The van der Waals surface area contributed by atoms with Crippen molar-refractivity contribution in [3.8, 4) is 0 Å². The third-order valence-corrected chi connectivity index (χ3v) is 2.69. The largest absolute Gasteiger partial charge is 0.416 e. The minimum atomic E-state index is -4.52. The van der Waals surface area contributed by atoms with Gasteiger partial charge in [-0.1, -0.05) is 0 Å². The molecule has 0 saturated carbocycles. The zero-order valence-electron chi connectivity index (χ0n) is 11.1. The summed E-state index contributed by atoms with van der Waals surface area (Å²) >= 11 is 0. The molecule has 0 saturated heterocycles. The van der Waals surface area contributed by atoms with Gasteiger partial charge in [0.25, 0.3) is 0 Å². The van der Waals surface area contributed by atoms with Crippen molar-refractivity contribution in [3.05, 3.63) is 47.9 Å². The molecule has 112 valence electrons. The number of benzene rings is 1. The summed E-state index contributed by atoms with van der Waals surface area (Å²) < 4.78 is 51.5. The number of hydrogen-bond donors (Lipinski definition) is 2. The molecule has 0 spiro atoms. The first kappa shape index (κ1) is 15.1. The molecule has 0 radical (unpaired) electrons. The standard InChI is InChI=1S/C14H13F4N3/c1-2-19-13-8-10(5-6-20-13)21-12-7-9(14(16,17)18)3-4-11(12)15/h3-8H,2H2,1H3,(H2,19,20,21). The number of nitrogens with zero attached hydrogens (tertiary/aromatic N) is 1. The molecule has 1 heterocycles. The number of nitrogens with one attached hydrogen (secondary N) is 2. The van der Waals surface area contributed by atoms with E-state index in [2.05, 4.69) is 15.6 Å². The monoisotopic (exact) mass is 299 g/mol. The molecule has 0 bridgehead atoms. The number of halogens is 4. The molecule has 7 heteroatoms. The SMILES string of the molecule is CCNc1cc(Nc2cc(C(F)(F)F)ccc2F)ccn1. The van der Waals surface area contributed by atoms with Crippen molar-refractivity contribution in [1.29, 1.82) is 0 Å². The fourth-order valence-corrected chi connectivity index (χ4v) is 1.74. The number of aromatic nitrogens is 1. The molecule has 2 aromatic rings. The average molecular weight is 299 g/mol. The minimum Gasteiger partial charge on any atom is -0.370 e. The molecule has 0 unspecified atom stereocenters. The van der Waals surface area contributed by atoms with Crippen LogP contribution in [0.3, 0.4) is 0 Å². The van der Waals surface area contributed by atoms with Crippen molar-refractivity contribution in [2.75, 3.05) is 17.2 Å². The molecule has 0 amide bonds. The first-order valence-electron chi connectivity index (χ1n) is 6.24. The van der Waals surface area contributed by atoms with Gasteiger partial charge in [-0.05, 0) is 31.2 Å². The van der Waals surface area contributed by atoms with Crippen LogP contribution in [0.2, 0.25) is 0 Å². The number of rotatable bonds is 4. The highest BCUT2D eigenvalue weighted by atomic mass is 19.4. The van der Waals surface area contributed by atoms with Crippen molar-refractivity contribution < 1.29 is 17.6 Å². The van der Waals surface area contributed by atoms with Gasteiger partial charge in [-0.2, -0.15) is 13.2 Å². The maximum atomic E-state index is 13.6. The van der Waals surface area contributed by atoms with Gasteiger partial charge in [0.1, 0.15) is 11.6 Å². The summed E-state index contributed by atoms with van der Waals surface area (Å²) in [7, 11) is 0. The van der Waals surface area contributed by atoms with Gasteiger partial charge in [0.2, 0.25) is 0 Å². The van der Waals surface area contributed by atoms with Crippen LogP contribution in [-0.4, -0.2) is 11.5 Å². The summed E-state index contributed by atoms with van der Waals surface area (Å²) in [6.07, 6.45) is -3.04. The molecule has 2 N–H and O–H groups in total. The molecule has 0 aliphatic rings. The molecule has 2 rings (SSSR count). The zero-order valence-corrected chi connectivity index (χ0v) is 11.1. The lowest BCUT2D eigenvalue weighted by molar-refractivity contribution is -0.137. The van der Waals surface area contributed by atoms with Crippen LogP contribution >= 0.6 is 0 Å². The van der Waals surface area contributed by atoms with Gasteiger partial charge in [0.05, 0.1) is 11.3 Å². The number of hydrogen-bond acceptors (Lipinski definition) is 3. The number of alkyl halides is 3. The second-order valence-electron chi connectivity index (χ2n) is 4.28. The normalized spacial score (nSPS) is 11.3. The van der Waals surface area contributed by atoms with Crippen molar-refractivity contribution in [3.63, 3.8) is 0 Å². The second-order valence-corrected chi connectivity index (χ2v) is 4.28. The van der Waals surface area contributed by atoms with Crippen LogP contribution in [0.4, 0.5) is 34.8 Å². The van der Waals surface area contributed by atoms with Crippen LogP contribution in [0.25, 0.3) is 0 Å². The van der Waals surface area contributed by atoms with Crippen LogP contribution in [0.5, 0.6) is 0 Å². The van der Waals surface area contributed by atoms with Crippen molar-refractivity contribution >= 4 is 17.2 Å². The molecular formula is C14H13F4N3. The molecular weight excluding hydrogens is 286 g/mol. The van der Waals surface area contributed by atoms with Gasteiger partial charge in [0, 0.05) is 24.5 Å². The van der Waals surface area contributed by atoms with Gasteiger partial charge in [-0.25, -0.2) is 9.37 Å².